The molecule has 1 aliphatic heterocycles. The Balaban J connectivity index is 2.28. The van der Waals surface area contributed by atoms with Crippen LogP contribution in [0.15, 0.2) is 22.1 Å². The van der Waals surface area contributed by atoms with Crippen molar-refractivity contribution >= 4 is 10.9 Å². The molecule has 23 heavy (non-hydrogen) atoms. The Hall–Kier alpha value is -2.08. The summed E-state index contributed by atoms with van der Waals surface area (Å²) in [5.74, 6) is 0.980. The Bertz CT molecular complexity index is 807. The van der Waals surface area contributed by atoms with Gasteiger partial charge in [-0.2, -0.15) is 4.91 Å². The Kier molecular flexibility index (Phi) is 4.26. The molecule has 0 aliphatic carbocycles. The number of nitrogens with zero attached hydrogens (tertiary/aromatic N) is 3. The fraction of sp³-hybridized carbons (Fsp3) is 0.529. The van der Waals surface area contributed by atoms with Crippen molar-refractivity contribution in [3.63, 3.8) is 0 Å². The molecule has 0 saturated carbocycles. The number of ether oxygens (including phenoxy) is 1. The topological polar surface area (TPSA) is 73.5 Å². The van der Waals surface area contributed by atoms with Gasteiger partial charge >= 0.3 is 0 Å². The average Bonchev–Trinajstić information content (AvgIpc) is 2.58. The summed E-state index contributed by atoms with van der Waals surface area (Å²) < 4.78 is 7.04. The van der Waals surface area contributed by atoms with Gasteiger partial charge in [0.1, 0.15) is 11.9 Å². The van der Waals surface area contributed by atoms with Crippen LogP contribution in [0.1, 0.15) is 48.7 Å². The van der Waals surface area contributed by atoms with Crippen molar-refractivity contribution in [2.45, 2.75) is 38.6 Å². The highest BCUT2D eigenvalue weighted by Crippen LogP contribution is 2.29. The fourth-order valence-electron chi connectivity index (χ4n) is 3.27. The molecule has 6 nitrogen and oxygen atoms in total. The maximum Gasteiger partial charge on any atom is 0.261 e. The van der Waals surface area contributed by atoms with E-state index in [2.05, 4.69) is 5.18 Å². The molecular weight excluding hydrogens is 294 g/mol. The highest BCUT2D eigenvalue weighted by molar-refractivity contribution is 5.82. The first kappa shape index (κ1) is 15.8. The van der Waals surface area contributed by atoms with Crippen LogP contribution < -0.4 is 5.56 Å². The van der Waals surface area contributed by atoms with Crippen LogP contribution in [0.2, 0.25) is 0 Å². The first-order valence-corrected chi connectivity index (χ1v) is 7.94. The number of nitroso groups, excluding NO2 is 1. The standard InChI is InChI=1S/C17H21N3O3/c1-10-8-13(11(2)19-22)15-14(9-10)17(21)20(3)16(18-15)12-4-6-23-7-5-12/h8-9,11-12H,4-7H2,1-3H3. The summed E-state index contributed by atoms with van der Waals surface area (Å²) in [6, 6.07) is 3.20. The zero-order valence-electron chi connectivity index (χ0n) is 13.7. The van der Waals surface area contributed by atoms with Gasteiger partial charge in [-0.15, -0.1) is 0 Å². The molecule has 0 bridgehead atoms. The smallest absolute Gasteiger partial charge is 0.261 e. The van der Waals surface area contributed by atoms with Gasteiger partial charge in [-0.1, -0.05) is 11.2 Å². The number of benzene rings is 1. The van der Waals surface area contributed by atoms with E-state index in [4.69, 9.17) is 9.72 Å². The minimum absolute atomic E-state index is 0.0699. The zero-order valence-corrected chi connectivity index (χ0v) is 13.7. The van der Waals surface area contributed by atoms with Gasteiger partial charge in [0.15, 0.2) is 0 Å². The van der Waals surface area contributed by atoms with E-state index in [1.54, 1.807) is 18.5 Å². The van der Waals surface area contributed by atoms with E-state index in [0.29, 0.717) is 24.1 Å². The van der Waals surface area contributed by atoms with Crippen molar-refractivity contribution in [1.29, 1.82) is 0 Å². The maximum atomic E-state index is 12.8. The lowest BCUT2D eigenvalue weighted by atomic mass is 9.97. The molecule has 1 saturated heterocycles. The monoisotopic (exact) mass is 315 g/mol. The summed E-state index contributed by atoms with van der Waals surface area (Å²) >= 11 is 0. The molecule has 1 unspecified atom stereocenters. The summed E-state index contributed by atoms with van der Waals surface area (Å²) in [7, 11) is 1.77. The Morgan fingerprint density at radius 1 is 1.35 bits per heavy atom. The number of aromatic nitrogens is 2. The highest BCUT2D eigenvalue weighted by Gasteiger charge is 2.23. The van der Waals surface area contributed by atoms with Crippen LogP contribution in [0.25, 0.3) is 10.9 Å². The number of aryl methyl sites for hydroxylation is 1. The van der Waals surface area contributed by atoms with Crippen molar-refractivity contribution in [3.05, 3.63) is 44.3 Å². The van der Waals surface area contributed by atoms with Crippen LogP contribution >= 0.6 is 0 Å². The van der Waals surface area contributed by atoms with Gasteiger partial charge in [0.05, 0.1) is 10.9 Å². The second kappa shape index (κ2) is 6.20. The molecule has 0 amide bonds. The van der Waals surface area contributed by atoms with Crippen LogP contribution in [0.4, 0.5) is 0 Å². The molecule has 0 radical (unpaired) electrons. The van der Waals surface area contributed by atoms with Crippen molar-refractivity contribution < 1.29 is 4.74 Å². The van der Waals surface area contributed by atoms with Gasteiger partial charge in [-0.3, -0.25) is 9.36 Å². The molecule has 2 heterocycles. The second-order valence-corrected chi connectivity index (χ2v) is 6.25. The van der Waals surface area contributed by atoms with Crippen LogP contribution in [0, 0.1) is 11.8 Å². The van der Waals surface area contributed by atoms with Gasteiger partial charge in [0.2, 0.25) is 0 Å². The van der Waals surface area contributed by atoms with Gasteiger partial charge < -0.3 is 4.74 Å². The average molecular weight is 315 g/mol. The minimum Gasteiger partial charge on any atom is -0.381 e. The first-order valence-electron chi connectivity index (χ1n) is 7.94. The van der Waals surface area contributed by atoms with E-state index >= 15 is 0 Å². The van der Waals surface area contributed by atoms with E-state index in [9.17, 15) is 9.70 Å². The molecule has 2 aromatic rings. The van der Waals surface area contributed by atoms with Crippen LogP contribution in [0.5, 0.6) is 0 Å². The van der Waals surface area contributed by atoms with E-state index in [1.165, 1.54) is 0 Å². The van der Waals surface area contributed by atoms with Crippen molar-refractivity contribution in [3.8, 4) is 0 Å². The van der Waals surface area contributed by atoms with Gasteiger partial charge in [0, 0.05) is 31.7 Å². The largest absolute Gasteiger partial charge is 0.381 e. The third-order valence-electron chi connectivity index (χ3n) is 4.58. The Morgan fingerprint density at radius 2 is 2.04 bits per heavy atom. The third-order valence-corrected chi connectivity index (χ3v) is 4.58. The molecule has 1 fully saturated rings. The molecule has 1 atom stereocenters. The Labute approximate surface area is 134 Å². The van der Waals surface area contributed by atoms with Gasteiger partial charge in [-0.05, 0) is 38.3 Å². The minimum atomic E-state index is -0.528. The summed E-state index contributed by atoms with van der Waals surface area (Å²) in [5.41, 5.74) is 2.19. The van der Waals surface area contributed by atoms with E-state index < -0.39 is 6.04 Å². The highest BCUT2D eigenvalue weighted by atomic mass is 16.5. The Morgan fingerprint density at radius 3 is 2.70 bits per heavy atom. The second-order valence-electron chi connectivity index (χ2n) is 6.25. The first-order chi connectivity index (χ1) is 11.0. The number of hydrogen-bond acceptors (Lipinski definition) is 5. The predicted molar refractivity (Wildman–Crippen MR) is 88.7 cm³/mol. The van der Waals surface area contributed by atoms with E-state index in [0.717, 1.165) is 29.8 Å². The fourth-order valence-corrected chi connectivity index (χ4v) is 3.27. The lowest BCUT2D eigenvalue weighted by Gasteiger charge is -2.24. The van der Waals surface area contributed by atoms with Gasteiger partial charge in [-0.25, -0.2) is 4.98 Å². The van der Waals surface area contributed by atoms with E-state index in [-0.39, 0.29) is 11.5 Å². The molecule has 0 spiro atoms. The lowest BCUT2D eigenvalue weighted by molar-refractivity contribution is 0.0828. The zero-order chi connectivity index (χ0) is 16.6. The molecule has 3 rings (SSSR count). The molecule has 1 aromatic heterocycles. The van der Waals surface area contributed by atoms with Crippen molar-refractivity contribution in [1.82, 2.24) is 9.55 Å². The van der Waals surface area contributed by atoms with Crippen LogP contribution in [-0.2, 0) is 11.8 Å². The molecule has 122 valence electrons. The molecule has 1 aromatic carbocycles. The number of hydrogen-bond donors (Lipinski definition) is 0. The van der Waals surface area contributed by atoms with Crippen molar-refractivity contribution in [2.75, 3.05) is 13.2 Å². The molecule has 0 N–H and O–H groups in total. The lowest BCUT2D eigenvalue weighted by Crippen LogP contribution is -2.27. The summed E-state index contributed by atoms with van der Waals surface area (Å²) in [5, 5.41) is 3.68. The quantitative estimate of drug-likeness (QED) is 0.816. The molecule has 6 heteroatoms. The maximum absolute atomic E-state index is 12.8. The molecular formula is C17H21N3O3. The number of fused-ring (bicyclic) bond motifs is 1. The summed E-state index contributed by atoms with van der Waals surface area (Å²) in [4.78, 5) is 28.6. The van der Waals surface area contributed by atoms with Crippen LogP contribution in [0.3, 0.4) is 0 Å². The summed E-state index contributed by atoms with van der Waals surface area (Å²) in [6.07, 6.45) is 1.71. The number of rotatable bonds is 3. The van der Waals surface area contributed by atoms with Crippen LogP contribution in [-0.4, -0.2) is 22.8 Å². The predicted octanol–water partition coefficient (Wildman–Crippen LogP) is 2.96. The third kappa shape index (κ3) is 2.79. The van der Waals surface area contributed by atoms with Crippen molar-refractivity contribution in [2.24, 2.45) is 12.2 Å². The van der Waals surface area contributed by atoms with Gasteiger partial charge in [0.25, 0.3) is 5.56 Å². The SMILES string of the molecule is Cc1cc(C(C)N=O)c2nc(C3CCOCC3)n(C)c(=O)c2c1. The van der Waals surface area contributed by atoms with E-state index in [1.807, 2.05) is 19.1 Å². The summed E-state index contributed by atoms with van der Waals surface area (Å²) in [6.45, 7) is 5.01. The molecule has 1 aliphatic rings. The normalized spacial score (nSPS) is 17.3.